The summed E-state index contributed by atoms with van der Waals surface area (Å²) in [7, 11) is 0. The zero-order valence-corrected chi connectivity index (χ0v) is 10.6. The van der Waals surface area contributed by atoms with E-state index in [1.165, 1.54) is 0 Å². The quantitative estimate of drug-likeness (QED) is 0.783. The molecule has 2 heterocycles. The molecule has 3 rings (SSSR count). The van der Waals surface area contributed by atoms with Gasteiger partial charge in [-0.3, -0.25) is 0 Å². The SMILES string of the molecule is Clc1nc(OC2CCOCC2)c2ccccc2n1. The van der Waals surface area contributed by atoms with Gasteiger partial charge in [-0.25, -0.2) is 4.98 Å². The van der Waals surface area contributed by atoms with E-state index in [2.05, 4.69) is 9.97 Å². The molecule has 5 heteroatoms. The fourth-order valence-corrected chi connectivity index (χ4v) is 2.23. The molecule has 1 aliphatic heterocycles. The van der Waals surface area contributed by atoms with E-state index in [-0.39, 0.29) is 11.4 Å². The van der Waals surface area contributed by atoms with Crippen molar-refractivity contribution in [3.05, 3.63) is 29.5 Å². The molecule has 1 aromatic heterocycles. The predicted octanol–water partition coefficient (Wildman–Crippen LogP) is 2.84. The highest BCUT2D eigenvalue weighted by Crippen LogP contribution is 2.26. The van der Waals surface area contributed by atoms with Crippen molar-refractivity contribution in [3.63, 3.8) is 0 Å². The second kappa shape index (κ2) is 5.08. The fourth-order valence-electron chi connectivity index (χ4n) is 2.06. The van der Waals surface area contributed by atoms with Crippen molar-refractivity contribution < 1.29 is 9.47 Å². The first-order valence-corrected chi connectivity index (χ1v) is 6.37. The summed E-state index contributed by atoms with van der Waals surface area (Å²) in [5.74, 6) is 0.567. The fraction of sp³-hybridized carbons (Fsp3) is 0.385. The third-order valence-electron chi connectivity index (χ3n) is 2.99. The summed E-state index contributed by atoms with van der Waals surface area (Å²) in [6.07, 6.45) is 1.92. The molecule has 1 fully saturated rings. The maximum atomic E-state index is 5.93. The molecule has 1 saturated heterocycles. The van der Waals surface area contributed by atoms with Gasteiger partial charge in [-0.1, -0.05) is 12.1 Å². The molecule has 94 valence electrons. The summed E-state index contributed by atoms with van der Waals surface area (Å²) in [5.41, 5.74) is 0.805. The molecule has 0 spiro atoms. The Morgan fingerprint density at radius 3 is 2.78 bits per heavy atom. The zero-order chi connectivity index (χ0) is 12.4. The summed E-state index contributed by atoms with van der Waals surface area (Å²) in [6.45, 7) is 1.48. The number of halogens is 1. The van der Waals surface area contributed by atoms with Crippen molar-refractivity contribution in [2.75, 3.05) is 13.2 Å². The van der Waals surface area contributed by atoms with Crippen LogP contribution in [0.5, 0.6) is 5.88 Å². The van der Waals surface area contributed by atoms with E-state index >= 15 is 0 Å². The maximum Gasteiger partial charge on any atom is 0.226 e. The Labute approximate surface area is 110 Å². The van der Waals surface area contributed by atoms with Gasteiger partial charge >= 0.3 is 0 Å². The molecular weight excluding hydrogens is 252 g/mol. The lowest BCUT2D eigenvalue weighted by molar-refractivity contribution is 0.0244. The Morgan fingerprint density at radius 2 is 1.94 bits per heavy atom. The van der Waals surface area contributed by atoms with E-state index < -0.39 is 0 Å². The first-order chi connectivity index (χ1) is 8.83. The number of nitrogens with zero attached hydrogens (tertiary/aromatic N) is 2. The number of hydrogen-bond acceptors (Lipinski definition) is 4. The van der Waals surface area contributed by atoms with Crippen LogP contribution in [0.2, 0.25) is 5.28 Å². The zero-order valence-electron chi connectivity index (χ0n) is 9.80. The van der Waals surface area contributed by atoms with Crippen molar-refractivity contribution in [3.8, 4) is 5.88 Å². The molecule has 1 aliphatic rings. The Hall–Kier alpha value is -1.39. The number of para-hydroxylation sites is 1. The molecule has 4 nitrogen and oxygen atoms in total. The van der Waals surface area contributed by atoms with Crippen molar-refractivity contribution in [2.45, 2.75) is 18.9 Å². The van der Waals surface area contributed by atoms with Gasteiger partial charge in [0.05, 0.1) is 24.1 Å². The number of ether oxygens (including phenoxy) is 2. The molecule has 0 atom stereocenters. The van der Waals surface area contributed by atoms with Gasteiger partial charge in [-0.05, 0) is 23.7 Å². The molecule has 2 aromatic rings. The van der Waals surface area contributed by atoms with Crippen LogP contribution in [0, 0.1) is 0 Å². The van der Waals surface area contributed by atoms with Crippen molar-refractivity contribution >= 4 is 22.5 Å². The highest BCUT2D eigenvalue weighted by Gasteiger charge is 2.17. The van der Waals surface area contributed by atoms with Crippen molar-refractivity contribution in [2.24, 2.45) is 0 Å². The molecular formula is C13H13ClN2O2. The normalized spacial score (nSPS) is 16.9. The summed E-state index contributed by atoms with van der Waals surface area (Å²) in [4.78, 5) is 8.37. The summed E-state index contributed by atoms with van der Waals surface area (Å²) in [5, 5.41) is 1.11. The second-order valence-electron chi connectivity index (χ2n) is 4.24. The number of aromatic nitrogens is 2. The highest BCUT2D eigenvalue weighted by atomic mass is 35.5. The van der Waals surface area contributed by atoms with Crippen LogP contribution in [-0.4, -0.2) is 29.3 Å². The first kappa shape index (κ1) is 11.7. The lowest BCUT2D eigenvalue weighted by atomic mass is 10.1. The standard InChI is InChI=1S/C13H13ClN2O2/c14-13-15-11-4-2-1-3-10(11)12(16-13)18-9-5-7-17-8-6-9/h1-4,9H,5-8H2. The Balaban J connectivity index is 1.94. The van der Waals surface area contributed by atoms with E-state index in [1.807, 2.05) is 24.3 Å². The van der Waals surface area contributed by atoms with Gasteiger partial charge in [0.15, 0.2) is 0 Å². The second-order valence-corrected chi connectivity index (χ2v) is 4.58. The number of benzene rings is 1. The molecule has 0 N–H and O–H groups in total. The van der Waals surface area contributed by atoms with Crippen molar-refractivity contribution in [1.29, 1.82) is 0 Å². The van der Waals surface area contributed by atoms with Gasteiger partial charge in [0.25, 0.3) is 0 Å². The summed E-state index contributed by atoms with van der Waals surface area (Å²) >= 11 is 5.91. The van der Waals surface area contributed by atoms with Crippen LogP contribution < -0.4 is 4.74 Å². The molecule has 0 saturated carbocycles. The molecule has 0 unspecified atom stereocenters. The molecule has 18 heavy (non-hydrogen) atoms. The van der Waals surface area contributed by atoms with Crippen LogP contribution in [0.15, 0.2) is 24.3 Å². The van der Waals surface area contributed by atoms with Gasteiger partial charge < -0.3 is 9.47 Å². The highest BCUT2D eigenvalue weighted by molar-refractivity contribution is 6.28. The molecule has 0 amide bonds. The molecule has 0 bridgehead atoms. The van der Waals surface area contributed by atoms with Gasteiger partial charge in [0, 0.05) is 12.8 Å². The van der Waals surface area contributed by atoms with E-state index in [0.717, 1.165) is 37.0 Å². The maximum absolute atomic E-state index is 5.93. The summed E-state index contributed by atoms with van der Waals surface area (Å²) in [6, 6.07) is 7.71. The largest absolute Gasteiger partial charge is 0.474 e. The Bertz CT molecular complexity index is 556. The van der Waals surface area contributed by atoms with Gasteiger partial charge in [-0.2, -0.15) is 4.98 Å². The lowest BCUT2D eigenvalue weighted by Gasteiger charge is -2.23. The van der Waals surface area contributed by atoms with Crippen molar-refractivity contribution in [1.82, 2.24) is 9.97 Å². The van der Waals surface area contributed by atoms with Gasteiger partial charge in [-0.15, -0.1) is 0 Å². The van der Waals surface area contributed by atoms with Gasteiger partial charge in [0.1, 0.15) is 6.10 Å². The molecule has 0 radical (unpaired) electrons. The Morgan fingerprint density at radius 1 is 1.17 bits per heavy atom. The molecule has 1 aromatic carbocycles. The van der Waals surface area contributed by atoms with Crippen LogP contribution in [0.25, 0.3) is 10.9 Å². The minimum Gasteiger partial charge on any atom is -0.474 e. The smallest absolute Gasteiger partial charge is 0.226 e. The average molecular weight is 265 g/mol. The monoisotopic (exact) mass is 264 g/mol. The van der Waals surface area contributed by atoms with Crippen LogP contribution >= 0.6 is 11.6 Å². The molecule has 0 aliphatic carbocycles. The predicted molar refractivity (Wildman–Crippen MR) is 69.0 cm³/mol. The van der Waals surface area contributed by atoms with Crippen LogP contribution in [0.1, 0.15) is 12.8 Å². The number of rotatable bonds is 2. The average Bonchev–Trinajstić information content (AvgIpc) is 2.40. The minimum absolute atomic E-state index is 0.146. The van der Waals surface area contributed by atoms with E-state index in [1.54, 1.807) is 0 Å². The number of hydrogen-bond donors (Lipinski definition) is 0. The number of fused-ring (bicyclic) bond motifs is 1. The van der Waals surface area contributed by atoms with Crippen LogP contribution in [-0.2, 0) is 4.74 Å². The minimum atomic E-state index is 0.146. The van der Waals surface area contributed by atoms with Crippen LogP contribution in [0.3, 0.4) is 0 Å². The lowest BCUT2D eigenvalue weighted by Crippen LogP contribution is -2.26. The van der Waals surface area contributed by atoms with Crippen LogP contribution in [0.4, 0.5) is 0 Å². The first-order valence-electron chi connectivity index (χ1n) is 5.99. The van der Waals surface area contributed by atoms with E-state index in [4.69, 9.17) is 21.1 Å². The topological polar surface area (TPSA) is 44.2 Å². The van der Waals surface area contributed by atoms with E-state index in [0.29, 0.717) is 5.88 Å². The van der Waals surface area contributed by atoms with E-state index in [9.17, 15) is 0 Å². The summed E-state index contributed by atoms with van der Waals surface area (Å²) < 4.78 is 11.2. The Kier molecular flexibility index (Phi) is 3.30. The van der Waals surface area contributed by atoms with Gasteiger partial charge in [0.2, 0.25) is 11.2 Å². The third-order valence-corrected chi connectivity index (χ3v) is 3.16. The third kappa shape index (κ3) is 2.40.